The summed E-state index contributed by atoms with van der Waals surface area (Å²) in [5.74, 6) is 1.10. The van der Waals surface area contributed by atoms with E-state index >= 15 is 0 Å². The third-order valence-electron chi connectivity index (χ3n) is 6.35. The smallest absolute Gasteiger partial charge is 0.246 e. The molecule has 0 aliphatic carbocycles. The molecule has 1 aliphatic heterocycles. The maximum atomic E-state index is 13.1. The average Bonchev–Trinajstić information content (AvgIpc) is 2.95. The number of ether oxygens (including phenoxy) is 2. The second-order valence-electron chi connectivity index (χ2n) is 8.75. The van der Waals surface area contributed by atoms with E-state index in [-0.39, 0.29) is 42.7 Å². The summed E-state index contributed by atoms with van der Waals surface area (Å²) in [6, 6.07) is 17.1. The van der Waals surface area contributed by atoms with E-state index in [2.05, 4.69) is 15.9 Å². The number of hydrogen-bond acceptors (Lipinski definition) is 6. The number of halogens is 1. The third-order valence-corrected chi connectivity index (χ3v) is 9.26. The molecule has 4 rings (SSSR count). The number of phenols is 1. The standard InChI is InChI=1S/C29H29BrN2O6S/c1-37-24-19-22(10-7-21-8-11-23(33)12-9-21)25(27(20-24)38-2)13-14-29(34)31-15-17-32(18-16-31)39(35,36)28-6-4-3-5-26(28)30/h3-14,19-20,33H,15-18H2,1-2H3/b10-7+,14-13+. The number of aromatic hydroxyl groups is 1. The summed E-state index contributed by atoms with van der Waals surface area (Å²) >= 11 is 3.32. The molecular formula is C29H29BrN2O6S. The molecule has 0 bridgehead atoms. The van der Waals surface area contributed by atoms with Crippen LogP contribution in [0.4, 0.5) is 0 Å². The van der Waals surface area contributed by atoms with E-state index in [0.29, 0.717) is 21.5 Å². The lowest BCUT2D eigenvalue weighted by atomic mass is 10.0. The number of amides is 1. The molecule has 0 radical (unpaired) electrons. The van der Waals surface area contributed by atoms with Gasteiger partial charge in [0.15, 0.2) is 0 Å². The van der Waals surface area contributed by atoms with Crippen LogP contribution >= 0.6 is 15.9 Å². The van der Waals surface area contributed by atoms with Crippen LogP contribution in [0.2, 0.25) is 0 Å². The summed E-state index contributed by atoms with van der Waals surface area (Å²) in [6.45, 7) is 0.964. The Balaban J connectivity index is 1.51. The van der Waals surface area contributed by atoms with Crippen molar-refractivity contribution in [1.82, 2.24) is 9.21 Å². The summed E-state index contributed by atoms with van der Waals surface area (Å²) in [7, 11) is -0.555. The van der Waals surface area contributed by atoms with Crippen LogP contribution in [0, 0.1) is 0 Å². The Morgan fingerprint density at radius 2 is 1.62 bits per heavy atom. The van der Waals surface area contributed by atoms with E-state index in [0.717, 1.165) is 11.1 Å². The maximum Gasteiger partial charge on any atom is 0.246 e. The topological polar surface area (TPSA) is 96.4 Å². The maximum absolute atomic E-state index is 13.1. The van der Waals surface area contributed by atoms with Gasteiger partial charge in [0.2, 0.25) is 15.9 Å². The first kappa shape index (κ1) is 28.4. The first-order valence-corrected chi connectivity index (χ1v) is 14.4. The quantitative estimate of drug-likeness (QED) is 0.287. The van der Waals surface area contributed by atoms with E-state index in [4.69, 9.17) is 9.47 Å². The molecule has 0 unspecified atom stereocenters. The third kappa shape index (κ3) is 6.70. The molecule has 1 heterocycles. The molecule has 1 aliphatic rings. The predicted octanol–water partition coefficient (Wildman–Crippen LogP) is 4.89. The van der Waals surface area contributed by atoms with Gasteiger partial charge in [-0.05, 0) is 63.5 Å². The molecule has 1 fully saturated rings. The molecule has 39 heavy (non-hydrogen) atoms. The number of hydrogen-bond donors (Lipinski definition) is 1. The number of carbonyl (C=O) groups is 1. The first-order valence-electron chi connectivity index (χ1n) is 12.2. The van der Waals surface area contributed by atoms with Gasteiger partial charge in [-0.1, -0.05) is 36.4 Å². The van der Waals surface area contributed by atoms with Crippen LogP contribution in [0.3, 0.4) is 0 Å². The number of sulfonamides is 1. The fourth-order valence-electron chi connectivity index (χ4n) is 4.20. The van der Waals surface area contributed by atoms with Gasteiger partial charge in [-0.3, -0.25) is 4.79 Å². The number of benzene rings is 3. The van der Waals surface area contributed by atoms with Crippen LogP contribution in [-0.4, -0.2) is 69.0 Å². The Kier molecular flexibility index (Phi) is 9.11. The van der Waals surface area contributed by atoms with Crippen LogP contribution in [-0.2, 0) is 14.8 Å². The van der Waals surface area contributed by atoms with Crippen LogP contribution in [0.15, 0.2) is 76.1 Å². The predicted molar refractivity (Wildman–Crippen MR) is 155 cm³/mol. The molecule has 0 aromatic heterocycles. The van der Waals surface area contributed by atoms with Crippen molar-refractivity contribution < 1.29 is 27.8 Å². The van der Waals surface area contributed by atoms with Crippen LogP contribution < -0.4 is 9.47 Å². The highest BCUT2D eigenvalue weighted by Crippen LogP contribution is 2.32. The van der Waals surface area contributed by atoms with Crippen LogP contribution in [0.5, 0.6) is 17.2 Å². The van der Waals surface area contributed by atoms with E-state index in [9.17, 15) is 18.3 Å². The van der Waals surface area contributed by atoms with Gasteiger partial charge in [-0.15, -0.1) is 0 Å². The molecule has 0 atom stereocenters. The number of piperazine rings is 1. The van der Waals surface area contributed by atoms with Crippen molar-refractivity contribution in [2.45, 2.75) is 4.90 Å². The van der Waals surface area contributed by atoms with Gasteiger partial charge < -0.3 is 19.5 Å². The first-order chi connectivity index (χ1) is 18.7. The minimum absolute atomic E-state index is 0.184. The number of nitrogens with zero attached hydrogens (tertiary/aromatic N) is 2. The van der Waals surface area contributed by atoms with E-state index < -0.39 is 10.0 Å². The zero-order chi connectivity index (χ0) is 28.0. The molecule has 8 nitrogen and oxygen atoms in total. The largest absolute Gasteiger partial charge is 0.508 e. The molecule has 1 N–H and O–H groups in total. The Labute approximate surface area is 237 Å². The normalized spacial score (nSPS) is 14.7. The van der Waals surface area contributed by atoms with Gasteiger partial charge in [-0.25, -0.2) is 8.42 Å². The molecule has 204 valence electrons. The monoisotopic (exact) mass is 612 g/mol. The molecule has 10 heteroatoms. The van der Waals surface area contributed by atoms with Gasteiger partial charge in [-0.2, -0.15) is 4.31 Å². The van der Waals surface area contributed by atoms with Crippen molar-refractivity contribution in [3.63, 3.8) is 0 Å². The summed E-state index contributed by atoms with van der Waals surface area (Å²) in [5, 5.41) is 9.53. The highest BCUT2D eigenvalue weighted by molar-refractivity contribution is 9.10. The zero-order valence-corrected chi connectivity index (χ0v) is 24.0. The van der Waals surface area contributed by atoms with Crippen molar-refractivity contribution in [2.24, 2.45) is 0 Å². The summed E-state index contributed by atoms with van der Waals surface area (Å²) in [5.41, 5.74) is 2.35. The van der Waals surface area contributed by atoms with Crippen molar-refractivity contribution in [1.29, 1.82) is 0 Å². The zero-order valence-electron chi connectivity index (χ0n) is 21.6. The minimum Gasteiger partial charge on any atom is -0.508 e. The average molecular weight is 614 g/mol. The molecule has 3 aromatic rings. The molecular weight excluding hydrogens is 584 g/mol. The Morgan fingerprint density at radius 1 is 0.923 bits per heavy atom. The highest BCUT2D eigenvalue weighted by Gasteiger charge is 2.30. The minimum atomic E-state index is -3.67. The second kappa shape index (κ2) is 12.5. The number of carbonyl (C=O) groups excluding carboxylic acids is 1. The van der Waals surface area contributed by atoms with E-state index in [1.807, 2.05) is 18.2 Å². The number of rotatable bonds is 8. The summed E-state index contributed by atoms with van der Waals surface area (Å²) in [4.78, 5) is 14.9. The van der Waals surface area contributed by atoms with Gasteiger partial charge in [0.25, 0.3) is 0 Å². The van der Waals surface area contributed by atoms with Crippen LogP contribution in [0.1, 0.15) is 16.7 Å². The summed E-state index contributed by atoms with van der Waals surface area (Å²) in [6.07, 6.45) is 6.94. The lowest BCUT2D eigenvalue weighted by Crippen LogP contribution is -2.50. The fraction of sp³-hybridized carbons (Fsp3) is 0.207. The summed E-state index contributed by atoms with van der Waals surface area (Å²) < 4.78 is 39.0. The molecule has 1 saturated heterocycles. The van der Waals surface area contributed by atoms with E-state index in [1.54, 1.807) is 79.8 Å². The number of methoxy groups -OCH3 is 2. The molecule has 0 spiro atoms. The Bertz CT molecular complexity index is 1490. The van der Waals surface area contributed by atoms with Crippen molar-refractivity contribution >= 4 is 50.1 Å². The van der Waals surface area contributed by atoms with Gasteiger partial charge in [0.1, 0.15) is 17.2 Å². The molecule has 3 aromatic carbocycles. The Morgan fingerprint density at radius 3 is 2.26 bits per heavy atom. The molecule has 1 amide bonds. The van der Waals surface area contributed by atoms with Crippen LogP contribution in [0.25, 0.3) is 18.2 Å². The van der Waals surface area contributed by atoms with Crippen molar-refractivity contribution in [3.05, 3.63) is 87.9 Å². The fourth-order valence-corrected chi connectivity index (χ4v) is 6.58. The lowest BCUT2D eigenvalue weighted by molar-refractivity contribution is -0.127. The van der Waals surface area contributed by atoms with Gasteiger partial charge in [0.05, 0.1) is 19.1 Å². The van der Waals surface area contributed by atoms with Gasteiger partial charge >= 0.3 is 0 Å². The van der Waals surface area contributed by atoms with Crippen molar-refractivity contribution in [3.8, 4) is 17.2 Å². The SMILES string of the molecule is COc1cc(/C=C/c2ccc(O)cc2)c(/C=C/C(=O)N2CCN(S(=O)(=O)c3ccccc3Br)CC2)c(OC)c1. The second-order valence-corrected chi connectivity index (χ2v) is 11.5. The Hall–Kier alpha value is -3.60. The number of phenolic OH excluding ortho intramolecular Hbond substituents is 1. The van der Waals surface area contributed by atoms with Gasteiger partial charge in [0, 0.05) is 48.4 Å². The van der Waals surface area contributed by atoms with E-state index in [1.165, 1.54) is 10.4 Å². The lowest BCUT2D eigenvalue weighted by Gasteiger charge is -2.33. The highest BCUT2D eigenvalue weighted by atomic mass is 79.9. The molecule has 0 saturated carbocycles. The van der Waals surface area contributed by atoms with Crippen molar-refractivity contribution in [2.75, 3.05) is 40.4 Å².